The molecule has 0 aromatic rings. The molecular formula is C15H34N4. The van der Waals surface area contributed by atoms with Gasteiger partial charge in [0.1, 0.15) is 0 Å². The molecule has 19 heavy (non-hydrogen) atoms. The lowest BCUT2D eigenvalue weighted by atomic mass is 10.2. The van der Waals surface area contributed by atoms with E-state index in [9.17, 15) is 0 Å². The number of nitrogens with zero attached hydrogens (tertiary/aromatic N) is 3. The smallest absolute Gasteiger partial charge is 0.0195 e. The van der Waals surface area contributed by atoms with Gasteiger partial charge in [0.05, 0.1) is 0 Å². The molecular weight excluding hydrogens is 236 g/mol. The van der Waals surface area contributed by atoms with Crippen molar-refractivity contribution in [3.8, 4) is 0 Å². The van der Waals surface area contributed by atoms with Gasteiger partial charge in [-0.3, -0.25) is 4.90 Å². The van der Waals surface area contributed by atoms with Crippen LogP contribution in [0.5, 0.6) is 0 Å². The Hall–Kier alpha value is -0.160. The molecule has 1 aliphatic heterocycles. The minimum Gasteiger partial charge on any atom is -0.314 e. The van der Waals surface area contributed by atoms with E-state index in [1.165, 1.54) is 39.1 Å². The van der Waals surface area contributed by atoms with Crippen molar-refractivity contribution in [1.29, 1.82) is 0 Å². The number of nitrogens with one attached hydrogen (secondary N) is 1. The molecule has 4 heteroatoms. The molecule has 0 spiro atoms. The van der Waals surface area contributed by atoms with Gasteiger partial charge in [0.25, 0.3) is 0 Å². The second-order valence-corrected chi connectivity index (χ2v) is 5.78. The van der Waals surface area contributed by atoms with E-state index in [2.05, 4.69) is 47.8 Å². The summed E-state index contributed by atoms with van der Waals surface area (Å²) in [6.07, 6.45) is 1.31. The second-order valence-electron chi connectivity index (χ2n) is 5.78. The summed E-state index contributed by atoms with van der Waals surface area (Å²) in [6.45, 7) is 17.5. The van der Waals surface area contributed by atoms with Crippen molar-refractivity contribution in [2.45, 2.75) is 33.2 Å². The Balaban J connectivity index is 2.11. The number of likely N-dealkylation sites (N-methyl/N-ethyl adjacent to an activating group) is 2. The summed E-state index contributed by atoms with van der Waals surface area (Å²) >= 11 is 0. The maximum atomic E-state index is 3.59. The van der Waals surface area contributed by atoms with Crippen LogP contribution in [0.25, 0.3) is 0 Å². The average molecular weight is 270 g/mol. The van der Waals surface area contributed by atoms with Gasteiger partial charge in [-0.25, -0.2) is 0 Å². The molecule has 1 rings (SSSR count). The predicted octanol–water partition coefficient (Wildman–Crippen LogP) is 0.944. The Bertz CT molecular complexity index is 218. The molecule has 0 bridgehead atoms. The Labute approximate surface area is 120 Å². The maximum absolute atomic E-state index is 3.59. The zero-order valence-corrected chi connectivity index (χ0v) is 13.5. The van der Waals surface area contributed by atoms with Crippen LogP contribution in [0.15, 0.2) is 0 Å². The predicted molar refractivity (Wildman–Crippen MR) is 83.8 cm³/mol. The van der Waals surface area contributed by atoms with Gasteiger partial charge < -0.3 is 15.1 Å². The highest BCUT2D eigenvalue weighted by Crippen LogP contribution is 2.07. The van der Waals surface area contributed by atoms with Gasteiger partial charge in [-0.15, -0.1) is 0 Å². The lowest BCUT2D eigenvalue weighted by molar-refractivity contribution is 0.201. The zero-order valence-electron chi connectivity index (χ0n) is 13.5. The third-order valence-electron chi connectivity index (χ3n) is 4.26. The van der Waals surface area contributed by atoms with E-state index < -0.39 is 0 Å². The number of rotatable bonds is 8. The fourth-order valence-electron chi connectivity index (χ4n) is 2.88. The summed E-state index contributed by atoms with van der Waals surface area (Å²) in [5.41, 5.74) is 0. The van der Waals surface area contributed by atoms with Crippen molar-refractivity contribution in [3.63, 3.8) is 0 Å². The molecule has 0 radical (unpaired) electrons. The highest BCUT2D eigenvalue weighted by atomic mass is 15.2. The molecule has 0 aromatic carbocycles. The van der Waals surface area contributed by atoms with Crippen LogP contribution in [0.1, 0.15) is 27.2 Å². The van der Waals surface area contributed by atoms with Gasteiger partial charge in [-0.1, -0.05) is 13.8 Å². The summed E-state index contributed by atoms with van der Waals surface area (Å²) in [4.78, 5) is 7.56. The molecule has 1 aliphatic rings. The van der Waals surface area contributed by atoms with Crippen molar-refractivity contribution >= 4 is 0 Å². The van der Waals surface area contributed by atoms with Gasteiger partial charge in [0.2, 0.25) is 0 Å². The first-order chi connectivity index (χ1) is 9.17. The lowest BCUT2D eigenvalue weighted by Gasteiger charge is -2.28. The van der Waals surface area contributed by atoms with E-state index in [1.54, 1.807) is 0 Å². The molecule has 1 atom stereocenters. The van der Waals surface area contributed by atoms with Crippen LogP contribution in [-0.4, -0.2) is 86.7 Å². The van der Waals surface area contributed by atoms with Crippen molar-refractivity contribution in [2.24, 2.45) is 0 Å². The largest absolute Gasteiger partial charge is 0.314 e. The topological polar surface area (TPSA) is 21.8 Å². The number of hydrogen-bond acceptors (Lipinski definition) is 4. The standard InChI is InChI=1S/C15H34N4/c1-5-18(6-2)12-8-16-9-13-19-11-7-10-17(4)14-15(19)3/h15-16H,5-14H2,1-4H3. The van der Waals surface area contributed by atoms with Crippen molar-refractivity contribution in [3.05, 3.63) is 0 Å². The van der Waals surface area contributed by atoms with Crippen LogP contribution in [0.2, 0.25) is 0 Å². The SMILES string of the molecule is CCN(CC)CCNCCN1CCCN(C)CC1C. The van der Waals surface area contributed by atoms with Crippen LogP contribution in [0.3, 0.4) is 0 Å². The van der Waals surface area contributed by atoms with Gasteiger partial charge in [0.15, 0.2) is 0 Å². The van der Waals surface area contributed by atoms with E-state index in [4.69, 9.17) is 0 Å². The summed E-state index contributed by atoms with van der Waals surface area (Å²) in [7, 11) is 2.24. The van der Waals surface area contributed by atoms with E-state index >= 15 is 0 Å². The van der Waals surface area contributed by atoms with Crippen molar-refractivity contribution in [1.82, 2.24) is 20.0 Å². The van der Waals surface area contributed by atoms with Crippen LogP contribution >= 0.6 is 0 Å². The molecule has 0 amide bonds. The first kappa shape index (κ1) is 16.9. The zero-order chi connectivity index (χ0) is 14.1. The van der Waals surface area contributed by atoms with Crippen LogP contribution in [0.4, 0.5) is 0 Å². The first-order valence-corrected chi connectivity index (χ1v) is 8.03. The van der Waals surface area contributed by atoms with Gasteiger partial charge in [-0.2, -0.15) is 0 Å². The summed E-state index contributed by atoms with van der Waals surface area (Å²) < 4.78 is 0. The molecule has 0 aliphatic carbocycles. The molecule has 114 valence electrons. The molecule has 1 N–H and O–H groups in total. The molecule has 1 heterocycles. The lowest BCUT2D eigenvalue weighted by Crippen LogP contribution is -2.42. The van der Waals surface area contributed by atoms with Gasteiger partial charge >= 0.3 is 0 Å². The van der Waals surface area contributed by atoms with E-state index in [1.807, 2.05) is 0 Å². The molecule has 1 saturated heterocycles. The summed E-state index contributed by atoms with van der Waals surface area (Å²) in [5.74, 6) is 0. The quantitative estimate of drug-likeness (QED) is 0.663. The monoisotopic (exact) mass is 270 g/mol. The molecule has 4 nitrogen and oxygen atoms in total. The van der Waals surface area contributed by atoms with Crippen LogP contribution in [-0.2, 0) is 0 Å². The molecule has 0 saturated carbocycles. The Morgan fingerprint density at radius 2 is 1.89 bits per heavy atom. The fourth-order valence-corrected chi connectivity index (χ4v) is 2.88. The fraction of sp³-hybridized carbons (Fsp3) is 1.00. The maximum Gasteiger partial charge on any atom is 0.0195 e. The summed E-state index contributed by atoms with van der Waals surface area (Å²) in [5, 5.41) is 3.59. The third kappa shape index (κ3) is 6.70. The van der Waals surface area contributed by atoms with E-state index in [-0.39, 0.29) is 0 Å². The highest BCUT2D eigenvalue weighted by Gasteiger charge is 2.18. The van der Waals surface area contributed by atoms with Gasteiger partial charge in [-0.05, 0) is 46.6 Å². The third-order valence-corrected chi connectivity index (χ3v) is 4.26. The minimum atomic E-state index is 0.692. The molecule has 1 unspecified atom stereocenters. The Morgan fingerprint density at radius 1 is 1.16 bits per heavy atom. The normalized spacial score (nSPS) is 22.9. The average Bonchev–Trinajstić information content (AvgIpc) is 2.55. The van der Waals surface area contributed by atoms with Crippen LogP contribution < -0.4 is 5.32 Å². The summed E-state index contributed by atoms with van der Waals surface area (Å²) in [6, 6.07) is 0.692. The van der Waals surface area contributed by atoms with E-state index in [0.717, 1.165) is 26.2 Å². The minimum absolute atomic E-state index is 0.692. The number of hydrogen-bond donors (Lipinski definition) is 1. The van der Waals surface area contributed by atoms with Crippen LogP contribution in [0, 0.1) is 0 Å². The van der Waals surface area contributed by atoms with E-state index in [0.29, 0.717) is 6.04 Å². The Morgan fingerprint density at radius 3 is 2.58 bits per heavy atom. The highest BCUT2D eigenvalue weighted by molar-refractivity contribution is 4.75. The van der Waals surface area contributed by atoms with Crippen molar-refractivity contribution in [2.75, 3.05) is 66.0 Å². The van der Waals surface area contributed by atoms with Gasteiger partial charge in [0, 0.05) is 38.8 Å². The second kappa shape index (κ2) is 9.70. The van der Waals surface area contributed by atoms with Crippen molar-refractivity contribution < 1.29 is 0 Å². The Kier molecular flexibility index (Phi) is 8.62. The molecule has 0 aromatic heterocycles. The first-order valence-electron chi connectivity index (χ1n) is 8.03. The molecule has 1 fully saturated rings.